The van der Waals surface area contributed by atoms with Gasteiger partial charge in [0.1, 0.15) is 0 Å². The van der Waals surface area contributed by atoms with Crippen molar-refractivity contribution in [2.45, 2.75) is 27.2 Å². The minimum Gasteiger partial charge on any atom is -0.336 e. The minimum absolute atomic E-state index is 0.0577. The van der Waals surface area contributed by atoms with E-state index in [1.165, 1.54) is 5.57 Å². The van der Waals surface area contributed by atoms with E-state index >= 15 is 0 Å². The molecule has 2 heterocycles. The van der Waals surface area contributed by atoms with Crippen LogP contribution in [0.2, 0.25) is 5.02 Å². The fourth-order valence-corrected chi connectivity index (χ4v) is 3.41. The second-order valence-electron chi connectivity index (χ2n) is 7.46. The van der Waals surface area contributed by atoms with Crippen LogP contribution < -0.4 is 0 Å². The number of aromatic nitrogens is 3. The highest BCUT2D eigenvalue weighted by atomic mass is 35.5. The van der Waals surface area contributed by atoms with Gasteiger partial charge in [-0.3, -0.25) is 9.48 Å². The number of nitrogens with zero attached hydrogens (tertiary/aromatic N) is 4. The van der Waals surface area contributed by atoms with Crippen LogP contribution in [-0.4, -0.2) is 38.9 Å². The number of allylic oxidation sites excluding steroid dienone is 1. The summed E-state index contributed by atoms with van der Waals surface area (Å²) >= 11 is 5.99. The topological polar surface area (TPSA) is 51.0 Å². The molecule has 0 aliphatic carbocycles. The Bertz CT molecular complexity index is 962. The van der Waals surface area contributed by atoms with Gasteiger partial charge in [-0.05, 0) is 37.6 Å². The highest BCUT2D eigenvalue weighted by molar-refractivity contribution is 6.30. The van der Waals surface area contributed by atoms with Gasteiger partial charge in [-0.25, -0.2) is 0 Å². The number of benzene rings is 1. The third kappa shape index (κ3) is 4.23. The van der Waals surface area contributed by atoms with E-state index in [1.54, 1.807) is 11.7 Å². The van der Waals surface area contributed by atoms with Gasteiger partial charge >= 0.3 is 0 Å². The number of piperidine rings is 1. The summed E-state index contributed by atoms with van der Waals surface area (Å²) in [6.45, 7) is 7.43. The first kappa shape index (κ1) is 19.2. The fourth-order valence-electron chi connectivity index (χ4n) is 3.22. The molecule has 5 nitrogen and oxygen atoms in total. The molecule has 1 saturated heterocycles. The third-order valence-corrected chi connectivity index (χ3v) is 5.23. The molecule has 2 aromatic rings. The molecular weight excluding hydrogens is 360 g/mol. The summed E-state index contributed by atoms with van der Waals surface area (Å²) in [4.78, 5) is 14.7. The number of aryl methyl sites for hydroxylation is 1. The van der Waals surface area contributed by atoms with Crippen LogP contribution in [-0.2, 0) is 7.05 Å². The summed E-state index contributed by atoms with van der Waals surface area (Å²) in [7, 11) is 1.79. The number of carbonyl (C=O) groups is 1. The second-order valence-corrected chi connectivity index (χ2v) is 7.89. The van der Waals surface area contributed by atoms with Crippen molar-refractivity contribution in [2.24, 2.45) is 12.5 Å². The van der Waals surface area contributed by atoms with Crippen LogP contribution in [0.3, 0.4) is 0 Å². The van der Waals surface area contributed by atoms with Crippen LogP contribution >= 0.6 is 11.6 Å². The zero-order valence-electron chi connectivity index (χ0n) is 16.1. The Morgan fingerprint density at radius 2 is 2.15 bits per heavy atom. The van der Waals surface area contributed by atoms with E-state index in [0.29, 0.717) is 23.8 Å². The van der Waals surface area contributed by atoms with E-state index in [4.69, 9.17) is 11.6 Å². The lowest BCUT2D eigenvalue weighted by atomic mass is 9.78. The Morgan fingerprint density at radius 1 is 1.37 bits per heavy atom. The van der Waals surface area contributed by atoms with Gasteiger partial charge in [0.15, 0.2) is 5.69 Å². The summed E-state index contributed by atoms with van der Waals surface area (Å²) in [6, 6.07) is 7.51. The van der Waals surface area contributed by atoms with Crippen molar-refractivity contribution in [3.8, 4) is 11.8 Å². The molecule has 6 heteroatoms. The molecule has 0 N–H and O–H groups in total. The third-order valence-electron chi connectivity index (χ3n) is 4.99. The Morgan fingerprint density at radius 3 is 2.78 bits per heavy atom. The Kier molecular flexibility index (Phi) is 5.38. The molecule has 140 valence electrons. The van der Waals surface area contributed by atoms with Gasteiger partial charge in [-0.1, -0.05) is 54.1 Å². The zero-order chi connectivity index (χ0) is 19.6. The van der Waals surface area contributed by atoms with Gasteiger partial charge in [-0.2, -0.15) is 0 Å². The van der Waals surface area contributed by atoms with Crippen molar-refractivity contribution in [1.82, 2.24) is 19.9 Å². The van der Waals surface area contributed by atoms with E-state index in [2.05, 4.69) is 36.0 Å². The summed E-state index contributed by atoms with van der Waals surface area (Å²) in [5.41, 5.74) is 3.21. The lowest BCUT2D eigenvalue weighted by molar-refractivity contribution is 0.0656. The maximum absolute atomic E-state index is 12.8. The second kappa shape index (κ2) is 7.58. The van der Waals surface area contributed by atoms with Crippen LogP contribution in [0, 0.1) is 24.2 Å². The van der Waals surface area contributed by atoms with Gasteiger partial charge in [0.2, 0.25) is 0 Å². The number of halogens is 1. The van der Waals surface area contributed by atoms with Gasteiger partial charge in [0.05, 0.1) is 5.69 Å². The van der Waals surface area contributed by atoms with Crippen molar-refractivity contribution in [2.75, 3.05) is 13.1 Å². The van der Waals surface area contributed by atoms with Crippen LogP contribution in [0.5, 0.6) is 0 Å². The van der Waals surface area contributed by atoms with Crippen LogP contribution in [0.1, 0.15) is 42.0 Å². The molecule has 0 spiro atoms. The molecule has 1 amide bonds. The first-order valence-corrected chi connectivity index (χ1v) is 9.28. The average molecular weight is 383 g/mol. The molecule has 0 saturated carbocycles. The van der Waals surface area contributed by atoms with Gasteiger partial charge in [-0.15, -0.1) is 5.10 Å². The van der Waals surface area contributed by atoms with E-state index in [-0.39, 0.29) is 11.3 Å². The molecule has 27 heavy (non-hydrogen) atoms. The van der Waals surface area contributed by atoms with Crippen molar-refractivity contribution < 1.29 is 4.79 Å². The largest absolute Gasteiger partial charge is 0.336 e. The quantitative estimate of drug-likeness (QED) is 0.708. The standard InChI is InChI=1S/C21H23ClN4O/c1-15-19(23-24-25(15)4)20(27)26-12-11-17(21(2,3)14-26)9-5-7-16-8-6-10-18(22)13-16/h6,8-10,13H,11-12,14H2,1-4H3/b17-9+. The van der Waals surface area contributed by atoms with Gasteiger partial charge < -0.3 is 4.90 Å². The van der Waals surface area contributed by atoms with Gasteiger partial charge in [0, 0.05) is 36.1 Å². The summed E-state index contributed by atoms with van der Waals surface area (Å²) < 4.78 is 1.62. The van der Waals surface area contributed by atoms with Crippen molar-refractivity contribution in [3.05, 3.63) is 57.9 Å². The predicted molar refractivity (Wildman–Crippen MR) is 106 cm³/mol. The van der Waals surface area contributed by atoms with Crippen LogP contribution in [0.15, 0.2) is 35.9 Å². The number of carbonyl (C=O) groups excluding carboxylic acids is 1. The van der Waals surface area contributed by atoms with Crippen molar-refractivity contribution >= 4 is 17.5 Å². The maximum atomic E-state index is 12.8. The van der Waals surface area contributed by atoms with E-state index in [1.807, 2.05) is 42.2 Å². The fraction of sp³-hybridized carbons (Fsp3) is 0.381. The minimum atomic E-state index is -0.146. The summed E-state index contributed by atoms with van der Waals surface area (Å²) in [6.07, 6.45) is 2.78. The number of amides is 1. The lowest BCUT2D eigenvalue weighted by Crippen LogP contribution is -2.45. The Labute approximate surface area is 165 Å². The lowest BCUT2D eigenvalue weighted by Gasteiger charge is -2.39. The molecular formula is C21H23ClN4O. The highest BCUT2D eigenvalue weighted by Gasteiger charge is 2.34. The average Bonchev–Trinajstić information content (AvgIpc) is 2.94. The summed E-state index contributed by atoms with van der Waals surface area (Å²) in [5, 5.41) is 8.64. The molecule has 0 radical (unpaired) electrons. The number of hydrogen-bond acceptors (Lipinski definition) is 3. The highest BCUT2D eigenvalue weighted by Crippen LogP contribution is 2.34. The number of hydrogen-bond donors (Lipinski definition) is 0. The molecule has 1 aromatic heterocycles. The number of likely N-dealkylation sites (tertiary alicyclic amines) is 1. The smallest absolute Gasteiger partial charge is 0.276 e. The van der Waals surface area contributed by atoms with Gasteiger partial charge in [0.25, 0.3) is 5.91 Å². The Balaban J connectivity index is 1.74. The van der Waals surface area contributed by atoms with Crippen molar-refractivity contribution in [1.29, 1.82) is 0 Å². The molecule has 1 aliphatic heterocycles. The van der Waals surface area contributed by atoms with E-state index in [9.17, 15) is 4.79 Å². The van der Waals surface area contributed by atoms with E-state index in [0.717, 1.165) is 17.7 Å². The molecule has 1 aromatic carbocycles. The molecule has 1 aliphatic rings. The number of rotatable bonds is 1. The van der Waals surface area contributed by atoms with E-state index < -0.39 is 0 Å². The molecule has 1 fully saturated rings. The van der Waals surface area contributed by atoms with Crippen LogP contribution in [0.25, 0.3) is 0 Å². The maximum Gasteiger partial charge on any atom is 0.276 e. The normalized spacial score (nSPS) is 17.5. The molecule has 0 atom stereocenters. The monoisotopic (exact) mass is 382 g/mol. The van der Waals surface area contributed by atoms with Crippen molar-refractivity contribution in [3.63, 3.8) is 0 Å². The van der Waals surface area contributed by atoms with Crippen LogP contribution in [0.4, 0.5) is 0 Å². The summed E-state index contributed by atoms with van der Waals surface area (Å²) in [5.74, 6) is 6.21. The molecule has 0 bridgehead atoms. The first-order chi connectivity index (χ1) is 12.8. The molecule has 3 rings (SSSR count). The first-order valence-electron chi connectivity index (χ1n) is 8.90. The zero-order valence-corrected chi connectivity index (χ0v) is 16.8. The predicted octanol–water partition coefficient (Wildman–Crippen LogP) is 3.63. The Hall–Kier alpha value is -2.58. The SMILES string of the molecule is Cc1c(C(=O)N2CC/C(=C\C#Cc3cccc(Cl)c3)C(C)(C)C2)nnn1C. The molecule has 0 unspecified atom stereocenters.